The summed E-state index contributed by atoms with van der Waals surface area (Å²) in [6.45, 7) is 0. The molecule has 0 aromatic carbocycles. The van der Waals surface area contributed by atoms with Crippen LogP contribution in [0.15, 0.2) is 18.3 Å². The Hall–Kier alpha value is -0.670. The standard InChI is InChI=1S/C12H15ClFNO/c13-10-5-4-9(8-15-10)11(16)12(14)6-2-1-3-7-12/h4-5,8,11,16H,1-3,6-7H2. The minimum absolute atomic E-state index is 0.354. The molecule has 0 aliphatic heterocycles. The number of alkyl halides is 1. The maximum atomic E-state index is 14.4. The molecule has 88 valence electrons. The van der Waals surface area contributed by atoms with Crippen LogP contribution in [-0.2, 0) is 0 Å². The highest BCUT2D eigenvalue weighted by Gasteiger charge is 2.40. The van der Waals surface area contributed by atoms with Gasteiger partial charge in [-0.2, -0.15) is 0 Å². The van der Waals surface area contributed by atoms with Crippen LogP contribution in [-0.4, -0.2) is 15.8 Å². The summed E-state index contributed by atoms with van der Waals surface area (Å²) in [6.07, 6.45) is 3.95. The van der Waals surface area contributed by atoms with Crippen LogP contribution in [0.2, 0.25) is 5.15 Å². The lowest BCUT2D eigenvalue weighted by Gasteiger charge is -2.33. The van der Waals surface area contributed by atoms with Crippen molar-refractivity contribution in [2.24, 2.45) is 0 Å². The van der Waals surface area contributed by atoms with Crippen LogP contribution in [0.4, 0.5) is 4.39 Å². The molecule has 1 aromatic rings. The smallest absolute Gasteiger partial charge is 0.141 e. The summed E-state index contributed by atoms with van der Waals surface area (Å²) in [7, 11) is 0. The molecular formula is C12H15ClFNO. The van der Waals surface area contributed by atoms with E-state index < -0.39 is 11.8 Å². The highest BCUT2D eigenvalue weighted by Crippen LogP contribution is 2.41. The summed E-state index contributed by atoms with van der Waals surface area (Å²) >= 11 is 5.65. The van der Waals surface area contributed by atoms with Gasteiger partial charge in [-0.1, -0.05) is 36.9 Å². The van der Waals surface area contributed by atoms with Crippen LogP contribution in [0.25, 0.3) is 0 Å². The average Bonchev–Trinajstić information content (AvgIpc) is 2.30. The second-order valence-corrected chi connectivity index (χ2v) is 4.80. The van der Waals surface area contributed by atoms with Crippen LogP contribution >= 0.6 is 11.6 Å². The zero-order chi connectivity index (χ0) is 11.6. The molecule has 1 atom stereocenters. The Bertz CT molecular complexity index is 349. The number of aliphatic hydroxyl groups is 1. The SMILES string of the molecule is OC(c1ccc(Cl)nc1)C1(F)CCCCC1. The monoisotopic (exact) mass is 243 g/mol. The third kappa shape index (κ3) is 2.36. The molecule has 1 fully saturated rings. The van der Waals surface area contributed by atoms with E-state index in [1.165, 1.54) is 6.20 Å². The molecular weight excluding hydrogens is 229 g/mol. The fraction of sp³-hybridized carbons (Fsp3) is 0.583. The van der Waals surface area contributed by atoms with Gasteiger partial charge in [-0.15, -0.1) is 0 Å². The zero-order valence-electron chi connectivity index (χ0n) is 9.00. The number of nitrogens with zero attached hydrogens (tertiary/aromatic N) is 1. The van der Waals surface area contributed by atoms with Gasteiger partial charge in [0.1, 0.15) is 16.9 Å². The Morgan fingerprint density at radius 2 is 2.00 bits per heavy atom. The summed E-state index contributed by atoms with van der Waals surface area (Å²) in [5.74, 6) is 0. The van der Waals surface area contributed by atoms with Gasteiger partial charge in [0.05, 0.1) is 0 Å². The van der Waals surface area contributed by atoms with Crippen LogP contribution in [0.5, 0.6) is 0 Å². The van der Waals surface area contributed by atoms with E-state index in [9.17, 15) is 9.50 Å². The topological polar surface area (TPSA) is 33.1 Å². The fourth-order valence-corrected chi connectivity index (χ4v) is 2.37. The third-order valence-corrected chi connectivity index (χ3v) is 3.46. The largest absolute Gasteiger partial charge is 0.385 e. The van der Waals surface area contributed by atoms with Crippen molar-refractivity contribution in [1.29, 1.82) is 0 Å². The molecule has 0 radical (unpaired) electrons. The first-order valence-corrected chi connectivity index (χ1v) is 5.98. The first kappa shape index (κ1) is 11.8. The predicted molar refractivity (Wildman–Crippen MR) is 61.1 cm³/mol. The number of hydrogen-bond acceptors (Lipinski definition) is 2. The van der Waals surface area contributed by atoms with Crippen LogP contribution in [0.3, 0.4) is 0 Å². The molecule has 16 heavy (non-hydrogen) atoms. The van der Waals surface area contributed by atoms with Gasteiger partial charge in [0.15, 0.2) is 0 Å². The van der Waals surface area contributed by atoms with Gasteiger partial charge < -0.3 is 5.11 Å². The number of halogens is 2. The number of aliphatic hydroxyl groups excluding tert-OH is 1. The Labute approximate surface area is 99.5 Å². The Morgan fingerprint density at radius 1 is 1.31 bits per heavy atom. The van der Waals surface area contributed by atoms with Crippen molar-refractivity contribution < 1.29 is 9.50 Å². The fourth-order valence-electron chi connectivity index (χ4n) is 2.26. The maximum Gasteiger partial charge on any atom is 0.141 e. The second kappa shape index (κ2) is 4.68. The lowest BCUT2D eigenvalue weighted by atomic mass is 9.80. The van der Waals surface area contributed by atoms with E-state index in [1.54, 1.807) is 12.1 Å². The summed E-state index contributed by atoms with van der Waals surface area (Å²) < 4.78 is 14.4. The van der Waals surface area contributed by atoms with Gasteiger partial charge in [0.2, 0.25) is 0 Å². The van der Waals surface area contributed by atoms with Gasteiger partial charge in [-0.3, -0.25) is 0 Å². The van der Waals surface area contributed by atoms with Gasteiger partial charge in [-0.25, -0.2) is 9.37 Å². The highest BCUT2D eigenvalue weighted by atomic mass is 35.5. The average molecular weight is 244 g/mol. The van der Waals surface area contributed by atoms with Crippen molar-refractivity contribution in [3.8, 4) is 0 Å². The van der Waals surface area contributed by atoms with Crippen molar-refractivity contribution in [1.82, 2.24) is 4.98 Å². The number of hydrogen-bond donors (Lipinski definition) is 1. The Morgan fingerprint density at radius 3 is 2.56 bits per heavy atom. The van der Waals surface area contributed by atoms with Crippen LogP contribution in [0, 0.1) is 0 Å². The van der Waals surface area contributed by atoms with E-state index >= 15 is 0 Å². The minimum atomic E-state index is -1.49. The van der Waals surface area contributed by atoms with Crippen LogP contribution in [0.1, 0.15) is 43.8 Å². The molecule has 1 aliphatic rings. The molecule has 4 heteroatoms. The molecule has 1 N–H and O–H groups in total. The van der Waals surface area contributed by atoms with E-state index in [1.807, 2.05) is 0 Å². The van der Waals surface area contributed by atoms with E-state index in [2.05, 4.69) is 4.98 Å². The van der Waals surface area contributed by atoms with Crippen molar-refractivity contribution in [3.05, 3.63) is 29.0 Å². The molecule has 0 bridgehead atoms. The predicted octanol–water partition coefficient (Wildman–Crippen LogP) is 3.44. The molecule has 0 amide bonds. The quantitative estimate of drug-likeness (QED) is 0.808. The van der Waals surface area contributed by atoms with Crippen molar-refractivity contribution in [2.45, 2.75) is 43.9 Å². The molecule has 1 aromatic heterocycles. The second-order valence-electron chi connectivity index (χ2n) is 4.41. The lowest BCUT2D eigenvalue weighted by Crippen LogP contribution is -2.33. The summed E-state index contributed by atoms with van der Waals surface area (Å²) in [5.41, 5.74) is -0.984. The molecule has 2 nitrogen and oxygen atoms in total. The van der Waals surface area contributed by atoms with Crippen LogP contribution < -0.4 is 0 Å². The third-order valence-electron chi connectivity index (χ3n) is 3.24. The molecule has 0 spiro atoms. The number of rotatable bonds is 2. The van der Waals surface area contributed by atoms with E-state index in [0.717, 1.165) is 19.3 Å². The van der Waals surface area contributed by atoms with Gasteiger partial charge >= 0.3 is 0 Å². The first-order chi connectivity index (χ1) is 7.62. The molecule has 1 unspecified atom stereocenters. The lowest BCUT2D eigenvalue weighted by molar-refractivity contribution is -0.0362. The van der Waals surface area contributed by atoms with Gasteiger partial charge in [0.25, 0.3) is 0 Å². The van der Waals surface area contributed by atoms with Gasteiger partial charge in [-0.05, 0) is 18.9 Å². The van der Waals surface area contributed by atoms with E-state index in [-0.39, 0.29) is 0 Å². The summed E-state index contributed by atoms with van der Waals surface area (Å²) in [6, 6.07) is 3.21. The van der Waals surface area contributed by atoms with Crippen molar-refractivity contribution >= 4 is 11.6 Å². The highest BCUT2D eigenvalue weighted by molar-refractivity contribution is 6.29. The molecule has 0 saturated heterocycles. The molecule has 2 rings (SSSR count). The molecule has 1 aliphatic carbocycles. The minimum Gasteiger partial charge on any atom is -0.385 e. The summed E-state index contributed by atoms with van der Waals surface area (Å²) in [5, 5.41) is 10.4. The zero-order valence-corrected chi connectivity index (χ0v) is 9.75. The van der Waals surface area contributed by atoms with E-state index in [4.69, 9.17) is 11.6 Å². The molecule has 1 heterocycles. The summed E-state index contributed by atoms with van der Waals surface area (Å²) in [4.78, 5) is 3.86. The van der Waals surface area contributed by atoms with Crippen molar-refractivity contribution in [2.75, 3.05) is 0 Å². The Kier molecular flexibility index (Phi) is 3.45. The Balaban J connectivity index is 2.16. The van der Waals surface area contributed by atoms with E-state index in [0.29, 0.717) is 23.6 Å². The first-order valence-electron chi connectivity index (χ1n) is 5.60. The molecule has 1 saturated carbocycles. The van der Waals surface area contributed by atoms with Crippen molar-refractivity contribution in [3.63, 3.8) is 0 Å². The number of pyridine rings is 1. The maximum absolute atomic E-state index is 14.4. The normalized spacial score (nSPS) is 21.7. The number of aromatic nitrogens is 1. The van der Waals surface area contributed by atoms with Gasteiger partial charge in [0, 0.05) is 11.8 Å².